The third-order valence-electron chi connectivity index (χ3n) is 5.53. The second-order valence-corrected chi connectivity index (χ2v) is 8.71. The minimum Gasteiger partial charge on any atom is -0.358 e. The highest BCUT2D eigenvalue weighted by molar-refractivity contribution is 14.1. The number of benzene rings is 2. The SMILES string of the molecule is O=C(c1cccc(F)c1F)N1CCC2(CC1)CN(Cc1ccc(I)cc1)CO2. The maximum atomic E-state index is 13.9. The molecule has 7 heteroatoms. The minimum absolute atomic E-state index is 0.205. The Hall–Kier alpha value is -1.58. The molecule has 2 aliphatic heterocycles. The molecule has 2 saturated heterocycles. The lowest BCUT2D eigenvalue weighted by atomic mass is 9.91. The zero-order valence-electron chi connectivity index (χ0n) is 15.3. The number of piperidine rings is 1. The maximum Gasteiger partial charge on any atom is 0.256 e. The average molecular weight is 498 g/mol. The zero-order valence-corrected chi connectivity index (χ0v) is 17.5. The number of ether oxygens (including phenoxy) is 1. The topological polar surface area (TPSA) is 32.8 Å². The molecule has 0 radical (unpaired) electrons. The van der Waals surface area contributed by atoms with Crippen LogP contribution in [0.3, 0.4) is 0 Å². The molecular weight excluding hydrogens is 477 g/mol. The van der Waals surface area contributed by atoms with Crippen molar-refractivity contribution in [3.05, 3.63) is 68.8 Å². The molecular formula is C21H21F2IN2O2. The van der Waals surface area contributed by atoms with E-state index in [9.17, 15) is 13.6 Å². The minimum atomic E-state index is -1.08. The highest BCUT2D eigenvalue weighted by Crippen LogP contribution is 2.33. The van der Waals surface area contributed by atoms with Gasteiger partial charge < -0.3 is 9.64 Å². The van der Waals surface area contributed by atoms with E-state index in [1.165, 1.54) is 21.3 Å². The fourth-order valence-corrected chi connectivity index (χ4v) is 4.30. The molecule has 1 spiro atoms. The second-order valence-electron chi connectivity index (χ2n) is 7.46. The molecule has 0 aliphatic carbocycles. The third-order valence-corrected chi connectivity index (χ3v) is 6.25. The van der Waals surface area contributed by atoms with Crippen LogP contribution in [-0.4, -0.2) is 47.7 Å². The van der Waals surface area contributed by atoms with E-state index in [0.717, 1.165) is 19.2 Å². The lowest BCUT2D eigenvalue weighted by molar-refractivity contribution is -0.0353. The average Bonchev–Trinajstić information content (AvgIpc) is 3.08. The summed E-state index contributed by atoms with van der Waals surface area (Å²) in [4.78, 5) is 16.4. The van der Waals surface area contributed by atoms with Gasteiger partial charge in [-0.05, 0) is 65.3 Å². The molecule has 2 fully saturated rings. The molecule has 0 N–H and O–H groups in total. The van der Waals surface area contributed by atoms with Gasteiger partial charge >= 0.3 is 0 Å². The molecule has 0 bridgehead atoms. The van der Waals surface area contributed by atoms with Crippen LogP contribution in [0.15, 0.2) is 42.5 Å². The van der Waals surface area contributed by atoms with Crippen LogP contribution >= 0.6 is 22.6 Å². The third kappa shape index (κ3) is 4.06. The number of halogens is 3. The zero-order chi connectivity index (χ0) is 19.7. The van der Waals surface area contributed by atoms with Crippen molar-refractivity contribution >= 4 is 28.5 Å². The van der Waals surface area contributed by atoms with E-state index in [4.69, 9.17) is 4.74 Å². The Kier molecular flexibility index (Phi) is 5.66. The van der Waals surface area contributed by atoms with Gasteiger partial charge in [-0.1, -0.05) is 18.2 Å². The molecule has 4 nitrogen and oxygen atoms in total. The van der Waals surface area contributed by atoms with Gasteiger partial charge in [0.25, 0.3) is 5.91 Å². The maximum absolute atomic E-state index is 13.9. The van der Waals surface area contributed by atoms with Gasteiger partial charge in [0.15, 0.2) is 11.6 Å². The number of amides is 1. The lowest BCUT2D eigenvalue weighted by Gasteiger charge is -2.38. The lowest BCUT2D eigenvalue weighted by Crippen LogP contribution is -2.48. The summed E-state index contributed by atoms with van der Waals surface area (Å²) in [5.41, 5.74) is 0.777. The van der Waals surface area contributed by atoms with E-state index in [2.05, 4.69) is 51.8 Å². The summed E-state index contributed by atoms with van der Waals surface area (Å²) in [5.74, 6) is -2.53. The first-order valence-corrected chi connectivity index (χ1v) is 10.4. The number of rotatable bonds is 3. The summed E-state index contributed by atoms with van der Waals surface area (Å²) in [6.45, 7) is 3.17. The van der Waals surface area contributed by atoms with Crippen molar-refractivity contribution in [2.24, 2.45) is 0 Å². The van der Waals surface area contributed by atoms with E-state index in [1.807, 2.05) is 0 Å². The quantitative estimate of drug-likeness (QED) is 0.600. The van der Waals surface area contributed by atoms with Crippen LogP contribution in [-0.2, 0) is 11.3 Å². The van der Waals surface area contributed by atoms with Crippen LogP contribution in [0.5, 0.6) is 0 Å². The largest absolute Gasteiger partial charge is 0.358 e. The van der Waals surface area contributed by atoms with Crippen molar-refractivity contribution in [3.63, 3.8) is 0 Å². The molecule has 2 aromatic rings. The molecule has 2 heterocycles. The van der Waals surface area contributed by atoms with Gasteiger partial charge in [0.2, 0.25) is 0 Å². The summed E-state index contributed by atoms with van der Waals surface area (Å²) >= 11 is 2.29. The summed E-state index contributed by atoms with van der Waals surface area (Å²) < 4.78 is 34.7. The van der Waals surface area contributed by atoms with Crippen LogP contribution in [0.1, 0.15) is 28.8 Å². The Labute approximate surface area is 176 Å². The Morgan fingerprint density at radius 2 is 1.82 bits per heavy atom. The van der Waals surface area contributed by atoms with Crippen molar-refractivity contribution < 1.29 is 18.3 Å². The summed E-state index contributed by atoms with van der Waals surface area (Å²) in [5, 5.41) is 0. The fourth-order valence-electron chi connectivity index (χ4n) is 3.94. The molecule has 0 atom stereocenters. The summed E-state index contributed by atoms with van der Waals surface area (Å²) in [7, 11) is 0. The fraction of sp³-hybridized carbons (Fsp3) is 0.381. The highest BCUT2D eigenvalue weighted by atomic mass is 127. The van der Waals surface area contributed by atoms with E-state index < -0.39 is 17.5 Å². The molecule has 2 aromatic carbocycles. The van der Waals surface area contributed by atoms with E-state index in [1.54, 1.807) is 4.90 Å². The monoisotopic (exact) mass is 498 g/mol. The smallest absolute Gasteiger partial charge is 0.256 e. The number of hydrogen-bond donors (Lipinski definition) is 0. The van der Waals surface area contributed by atoms with Gasteiger partial charge in [-0.25, -0.2) is 8.78 Å². The Morgan fingerprint density at radius 3 is 2.54 bits per heavy atom. The summed E-state index contributed by atoms with van der Waals surface area (Å²) in [6.07, 6.45) is 1.39. The van der Waals surface area contributed by atoms with Crippen LogP contribution < -0.4 is 0 Å². The molecule has 4 rings (SSSR count). The van der Waals surface area contributed by atoms with Crippen LogP contribution in [0.4, 0.5) is 8.78 Å². The Balaban J connectivity index is 1.35. The van der Waals surface area contributed by atoms with E-state index in [-0.39, 0.29) is 11.2 Å². The van der Waals surface area contributed by atoms with Crippen LogP contribution in [0.2, 0.25) is 0 Å². The predicted octanol–water partition coefficient (Wildman–Crippen LogP) is 4.03. The number of nitrogens with zero attached hydrogens (tertiary/aromatic N) is 2. The van der Waals surface area contributed by atoms with Crippen molar-refractivity contribution in [3.8, 4) is 0 Å². The van der Waals surface area contributed by atoms with Crippen molar-refractivity contribution in [1.82, 2.24) is 9.80 Å². The van der Waals surface area contributed by atoms with Gasteiger partial charge in [0, 0.05) is 29.7 Å². The first-order chi connectivity index (χ1) is 13.5. The molecule has 0 aromatic heterocycles. The predicted molar refractivity (Wildman–Crippen MR) is 110 cm³/mol. The van der Waals surface area contributed by atoms with Gasteiger partial charge in [-0.2, -0.15) is 0 Å². The second kappa shape index (κ2) is 8.04. The first-order valence-electron chi connectivity index (χ1n) is 9.30. The first kappa shape index (κ1) is 19.7. The molecule has 2 aliphatic rings. The molecule has 148 valence electrons. The molecule has 0 unspecified atom stereocenters. The van der Waals surface area contributed by atoms with Gasteiger partial charge in [0.05, 0.1) is 11.2 Å². The number of carbonyl (C=O) groups is 1. The van der Waals surface area contributed by atoms with E-state index >= 15 is 0 Å². The summed E-state index contributed by atoms with van der Waals surface area (Å²) in [6, 6.07) is 12.2. The van der Waals surface area contributed by atoms with Gasteiger partial charge in [0.1, 0.15) is 6.73 Å². The van der Waals surface area contributed by atoms with Crippen molar-refractivity contribution in [1.29, 1.82) is 0 Å². The number of likely N-dealkylation sites (tertiary alicyclic amines) is 1. The van der Waals surface area contributed by atoms with Gasteiger partial charge in [-0.3, -0.25) is 9.69 Å². The normalized spacial score (nSPS) is 19.3. The van der Waals surface area contributed by atoms with Crippen LogP contribution in [0, 0.1) is 15.2 Å². The Bertz CT molecular complexity index is 867. The standard InChI is InChI=1S/C21H21F2IN2O2/c22-18-3-1-2-17(19(18)23)20(27)26-10-8-21(9-11-26)13-25(14-28-21)12-15-4-6-16(24)7-5-15/h1-7H,8-14H2. The van der Waals surface area contributed by atoms with Crippen molar-refractivity contribution in [2.45, 2.75) is 25.0 Å². The van der Waals surface area contributed by atoms with E-state index in [0.29, 0.717) is 32.7 Å². The molecule has 1 amide bonds. The molecule has 28 heavy (non-hydrogen) atoms. The van der Waals surface area contributed by atoms with Crippen LogP contribution in [0.25, 0.3) is 0 Å². The highest BCUT2D eigenvalue weighted by Gasteiger charge is 2.42. The number of carbonyl (C=O) groups excluding carboxylic acids is 1. The molecule has 0 saturated carbocycles. The van der Waals surface area contributed by atoms with Crippen molar-refractivity contribution in [2.75, 3.05) is 26.4 Å². The number of hydrogen-bond acceptors (Lipinski definition) is 3. The Morgan fingerprint density at radius 1 is 1.11 bits per heavy atom. The van der Waals surface area contributed by atoms with Gasteiger partial charge in [-0.15, -0.1) is 0 Å².